The fraction of sp³-hybridized carbons (Fsp3) is 0.433. The van der Waals surface area contributed by atoms with Gasteiger partial charge in [0.2, 0.25) is 0 Å². The lowest BCUT2D eigenvalue weighted by Gasteiger charge is -2.17. The van der Waals surface area contributed by atoms with Gasteiger partial charge in [-0.2, -0.15) is 13.2 Å². The molecule has 0 aliphatic rings. The zero-order valence-electron chi connectivity index (χ0n) is 22.4. The van der Waals surface area contributed by atoms with E-state index in [9.17, 15) is 28.2 Å². The van der Waals surface area contributed by atoms with E-state index >= 15 is 0 Å². The van der Waals surface area contributed by atoms with Crippen LogP contribution in [0.15, 0.2) is 59.0 Å². The van der Waals surface area contributed by atoms with Crippen molar-refractivity contribution in [2.24, 2.45) is 0 Å². The van der Waals surface area contributed by atoms with E-state index in [1.165, 1.54) is 6.07 Å². The summed E-state index contributed by atoms with van der Waals surface area (Å²) in [6, 6.07) is 10.6. The molecule has 3 rings (SSSR count). The summed E-state index contributed by atoms with van der Waals surface area (Å²) in [6.07, 6.45) is -4.40. The van der Waals surface area contributed by atoms with Crippen molar-refractivity contribution in [3.8, 4) is 17.1 Å². The van der Waals surface area contributed by atoms with Crippen molar-refractivity contribution in [1.82, 2.24) is 0 Å². The average Bonchev–Trinajstić information content (AvgIpc) is 3.34. The van der Waals surface area contributed by atoms with Gasteiger partial charge in [0.1, 0.15) is 17.1 Å². The third-order valence-corrected chi connectivity index (χ3v) is 6.35. The van der Waals surface area contributed by atoms with Gasteiger partial charge in [-0.25, -0.2) is 4.79 Å². The number of rotatable bonds is 15. The molecule has 0 aliphatic carbocycles. The lowest BCUT2D eigenvalue weighted by molar-refractivity contribution is -0.139. The van der Waals surface area contributed by atoms with Gasteiger partial charge in [0.15, 0.2) is 0 Å². The van der Waals surface area contributed by atoms with Crippen LogP contribution < -0.4 is 4.74 Å². The molecule has 1 heterocycles. The van der Waals surface area contributed by atoms with Crippen molar-refractivity contribution in [1.29, 1.82) is 0 Å². The highest BCUT2D eigenvalue weighted by Crippen LogP contribution is 2.40. The maximum Gasteiger partial charge on any atom is 0.417 e. The van der Waals surface area contributed by atoms with Gasteiger partial charge in [-0.15, -0.1) is 0 Å². The minimum absolute atomic E-state index is 0.0690. The molecule has 10 heteroatoms. The van der Waals surface area contributed by atoms with Gasteiger partial charge in [-0.1, -0.05) is 18.7 Å². The number of aryl methyl sites for hydroxylation is 1. The number of carbonyl (C=O) groups excluding carboxylic acids is 1. The number of halogens is 3. The Kier molecular flexibility index (Phi) is 11.2. The van der Waals surface area contributed by atoms with E-state index in [4.69, 9.17) is 19.0 Å². The van der Waals surface area contributed by atoms with Crippen LogP contribution >= 0.6 is 0 Å². The zero-order chi connectivity index (χ0) is 29.3. The second-order valence-corrected chi connectivity index (χ2v) is 9.70. The highest BCUT2D eigenvalue weighted by atomic mass is 19.4. The van der Waals surface area contributed by atoms with E-state index in [0.29, 0.717) is 53.5 Å². The summed E-state index contributed by atoms with van der Waals surface area (Å²) in [5.41, 5.74) is 0.280. The number of aliphatic hydroxyl groups is 3. The van der Waals surface area contributed by atoms with E-state index < -0.39 is 29.9 Å². The Labute approximate surface area is 230 Å². The second-order valence-electron chi connectivity index (χ2n) is 9.70. The summed E-state index contributed by atoms with van der Waals surface area (Å²) in [5, 5.41) is 29.9. The number of esters is 1. The number of hydrogen-bond acceptors (Lipinski definition) is 7. The van der Waals surface area contributed by atoms with Crippen molar-refractivity contribution >= 4 is 16.9 Å². The molecule has 3 aromatic rings. The summed E-state index contributed by atoms with van der Waals surface area (Å²) in [5.74, 6) is 0.0454. The van der Waals surface area contributed by atoms with Crippen LogP contribution in [0.25, 0.3) is 22.3 Å². The van der Waals surface area contributed by atoms with Crippen LogP contribution in [0.4, 0.5) is 13.2 Å². The van der Waals surface area contributed by atoms with Gasteiger partial charge >= 0.3 is 12.1 Å². The number of benzene rings is 2. The summed E-state index contributed by atoms with van der Waals surface area (Å²) < 4.78 is 57.9. The van der Waals surface area contributed by atoms with Gasteiger partial charge in [0.05, 0.1) is 31.0 Å². The quantitative estimate of drug-likeness (QED) is 0.121. The number of alkyl halides is 3. The lowest BCUT2D eigenvalue weighted by atomic mass is 9.99. The van der Waals surface area contributed by atoms with Crippen LogP contribution in [0.3, 0.4) is 0 Å². The highest BCUT2D eigenvalue weighted by Gasteiger charge is 2.34. The van der Waals surface area contributed by atoms with Crippen molar-refractivity contribution in [2.75, 3.05) is 19.8 Å². The number of carbonyl (C=O) groups is 1. The van der Waals surface area contributed by atoms with Crippen molar-refractivity contribution in [3.05, 3.63) is 65.7 Å². The summed E-state index contributed by atoms with van der Waals surface area (Å²) >= 11 is 0. The topological polar surface area (TPSA) is 109 Å². The minimum atomic E-state index is -4.58. The molecule has 218 valence electrons. The molecule has 1 aromatic heterocycles. The normalized spacial score (nSPS) is 13.3. The van der Waals surface area contributed by atoms with Gasteiger partial charge in [-0.05, 0) is 75.3 Å². The van der Waals surface area contributed by atoms with Crippen molar-refractivity contribution in [3.63, 3.8) is 0 Å². The molecule has 0 fully saturated rings. The summed E-state index contributed by atoms with van der Waals surface area (Å²) in [6.45, 7) is 5.30. The van der Waals surface area contributed by atoms with Crippen LogP contribution in [0.2, 0.25) is 0 Å². The van der Waals surface area contributed by atoms with Gasteiger partial charge in [0.25, 0.3) is 0 Å². The van der Waals surface area contributed by atoms with E-state index in [1.807, 2.05) is 0 Å². The fourth-order valence-electron chi connectivity index (χ4n) is 4.16. The molecule has 2 atom stereocenters. The minimum Gasteiger partial charge on any atom is -0.493 e. The Morgan fingerprint density at radius 2 is 1.70 bits per heavy atom. The Morgan fingerprint density at radius 3 is 2.35 bits per heavy atom. The van der Waals surface area contributed by atoms with Crippen LogP contribution in [0, 0.1) is 0 Å². The van der Waals surface area contributed by atoms with Crippen molar-refractivity contribution < 1.29 is 47.2 Å². The molecule has 0 bridgehead atoms. The largest absolute Gasteiger partial charge is 0.493 e. The molecule has 0 amide bonds. The standard InChI is InChI=1S/C30H35F3O7/c1-19(2)29(37)39-15-5-8-26(36)25(35)7-4-14-38-22-11-10-21-17-28(40-27(21)18-22)23-12-9-20(6-3-13-34)16-24(23)30(31,32)33/h9-12,16-18,25-26,34-36H,1,3-8,13-15H2,2H3. The lowest BCUT2D eigenvalue weighted by Crippen LogP contribution is -2.26. The Bertz CT molecular complexity index is 1280. The highest BCUT2D eigenvalue weighted by molar-refractivity contribution is 5.87. The van der Waals surface area contributed by atoms with E-state index in [0.717, 1.165) is 6.07 Å². The maximum atomic E-state index is 13.8. The molecular formula is C30H35F3O7. The van der Waals surface area contributed by atoms with Gasteiger partial charge in [-0.3, -0.25) is 0 Å². The first-order valence-corrected chi connectivity index (χ1v) is 13.2. The zero-order valence-corrected chi connectivity index (χ0v) is 22.4. The summed E-state index contributed by atoms with van der Waals surface area (Å²) in [7, 11) is 0. The number of fused-ring (bicyclic) bond motifs is 1. The SMILES string of the molecule is C=C(C)C(=O)OCCCC(O)C(O)CCCOc1ccc2cc(-c3ccc(CCCO)cc3C(F)(F)F)oc2c1. The predicted octanol–water partition coefficient (Wildman–Crippen LogP) is 5.82. The average molecular weight is 565 g/mol. The Balaban J connectivity index is 1.55. The smallest absolute Gasteiger partial charge is 0.417 e. The molecule has 2 unspecified atom stereocenters. The predicted molar refractivity (Wildman–Crippen MR) is 144 cm³/mol. The van der Waals surface area contributed by atoms with Crippen LogP contribution in [0.5, 0.6) is 5.75 Å². The molecule has 7 nitrogen and oxygen atoms in total. The number of aliphatic hydroxyl groups excluding tert-OH is 3. The number of furan rings is 1. The van der Waals surface area contributed by atoms with Crippen LogP contribution in [0.1, 0.15) is 50.2 Å². The van der Waals surface area contributed by atoms with Gasteiger partial charge in [0, 0.05) is 29.2 Å². The van der Waals surface area contributed by atoms with Crippen LogP contribution in [-0.4, -0.2) is 53.3 Å². The first-order valence-electron chi connectivity index (χ1n) is 13.2. The molecule has 0 saturated carbocycles. The molecule has 0 aliphatic heterocycles. The molecule has 0 saturated heterocycles. The monoisotopic (exact) mass is 564 g/mol. The summed E-state index contributed by atoms with van der Waals surface area (Å²) in [4.78, 5) is 11.3. The first-order chi connectivity index (χ1) is 19.0. The van der Waals surface area contributed by atoms with Gasteiger partial charge < -0.3 is 29.2 Å². The van der Waals surface area contributed by atoms with Crippen LogP contribution in [-0.2, 0) is 22.1 Å². The molecule has 2 aromatic carbocycles. The van der Waals surface area contributed by atoms with E-state index in [-0.39, 0.29) is 44.0 Å². The first kappa shape index (κ1) is 31.2. The molecular weight excluding hydrogens is 529 g/mol. The Hall–Kier alpha value is -3.34. The maximum absolute atomic E-state index is 13.8. The Morgan fingerprint density at radius 1 is 1.00 bits per heavy atom. The molecule has 0 radical (unpaired) electrons. The molecule has 40 heavy (non-hydrogen) atoms. The fourth-order valence-corrected chi connectivity index (χ4v) is 4.16. The van der Waals surface area contributed by atoms with E-state index in [2.05, 4.69) is 6.58 Å². The number of hydrogen-bond donors (Lipinski definition) is 3. The van der Waals surface area contributed by atoms with E-state index in [1.54, 1.807) is 37.3 Å². The molecule has 3 N–H and O–H groups in total. The molecule has 0 spiro atoms. The third-order valence-electron chi connectivity index (χ3n) is 6.35. The third kappa shape index (κ3) is 8.84. The second kappa shape index (κ2) is 14.3. The number of ether oxygens (including phenoxy) is 2. The van der Waals surface area contributed by atoms with Crippen molar-refractivity contribution in [2.45, 2.75) is 63.8 Å².